The second-order valence-corrected chi connectivity index (χ2v) is 6.11. The molecule has 0 rings (SSSR count). The molecule has 0 aromatic rings. The largest absolute Gasteiger partial charge is 0.673 e. The summed E-state index contributed by atoms with van der Waals surface area (Å²) in [5.41, 5.74) is 0. The molecule has 1 atom stereocenters. The van der Waals surface area contributed by atoms with Crippen LogP contribution in [0.2, 0.25) is 0 Å². The maximum Gasteiger partial charge on any atom is 0.673 e. The zero-order valence-electron chi connectivity index (χ0n) is 9.48. The third-order valence-electron chi connectivity index (χ3n) is 1.59. The van der Waals surface area contributed by atoms with E-state index in [1.807, 2.05) is 11.8 Å². The average Bonchev–Trinajstić information content (AvgIpc) is 2.01. The van der Waals surface area contributed by atoms with Crippen LogP contribution in [0.3, 0.4) is 0 Å². The molecule has 0 saturated heterocycles. The molecular formula is C8H19BF4OS2. The summed E-state index contributed by atoms with van der Waals surface area (Å²) in [6.07, 6.45) is 3.13. The van der Waals surface area contributed by atoms with Crippen LogP contribution >= 0.6 is 11.8 Å². The molecule has 0 heterocycles. The van der Waals surface area contributed by atoms with Gasteiger partial charge in [-0.15, -0.1) is 11.8 Å². The number of rotatable bonds is 6. The summed E-state index contributed by atoms with van der Waals surface area (Å²) in [4.78, 5) is 0. The summed E-state index contributed by atoms with van der Waals surface area (Å²) < 4.78 is 39.1. The van der Waals surface area contributed by atoms with Gasteiger partial charge in [-0.05, 0) is 18.4 Å². The van der Waals surface area contributed by atoms with Gasteiger partial charge in [-0.2, -0.15) is 0 Å². The van der Waals surface area contributed by atoms with Crippen LogP contribution in [0, 0.1) is 0 Å². The van der Waals surface area contributed by atoms with E-state index < -0.39 is 7.25 Å². The second-order valence-electron chi connectivity index (χ2n) is 3.15. The molecule has 0 aliphatic heterocycles. The third kappa shape index (κ3) is 16.9. The van der Waals surface area contributed by atoms with Crippen LogP contribution < -0.4 is 0 Å². The van der Waals surface area contributed by atoms with Gasteiger partial charge in [-0.3, -0.25) is 0 Å². The predicted molar refractivity (Wildman–Crippen MR) is 67.8 cm³/mol. The van der Waals surface area contributed by atoms with Gasteiger partial charge < -0.3 is 22.4 Å². The van der Waals surface area contributed by atoms with E-state index in [0.717, 1.165) is 25.0 Å². The summed E-state index contributed by atoms with van der Waals surface area (Å²) in [6, 6.07) is 0. The van der Waals surface area contributed by atoms with Gasteiger partial charge in [0.15, 0.2) is 4.08 Å². The Morgan fingerprint density at radius 3 is 1.88 bits per heavy atom. The van der Waals surface area contributed by atoms with Crippen LogP contribution in [0.5, 0.6) is 0 Å². The molecule has 8 heteroatoms. The van der Waals surface area contributed by atoms with E-state index in [1.54, 1.807) is 0 Å². The number of aliphatic hydroxyl groups excluding tert-OH is 1. The summed E-state index contributed by atoms with van der Waals surface area (Å²) in [5, 5.41) is 8.81. The van der Waals surface area contributed by atoms with Crippen LogP contribution in [-0.2, 0) is 12.6 Å². The quantitative estimate of drug-likeness (QED) is 0.459. The molecule has 0 aromatic carbocycles. The zero-order chi connectivity index (χ0) is 13.2. The lowest BCUT2D eigenvalue weighted by Crippen LogP contribution is -2.22. The third-order valence-corrected chi connectivity index (χ3v) is 3.77. The molecule has 0 spiro atoms. The van der Waals surface area contributed by atoms with E-state index in [2.05, 4.69) is 26.5 Å². The Balaban J connectivity index is 0. The van der Waals surface area contributed by atoms with Gasteiger partial charge in [0.1, 0.15) is 0 Å². The maximum atomic E-state index is 9.75. The Morgan fingerprint density at radius 2 is 1.62 bits per heavy atom. The number of halogens is 4. The van der Waals surface area contributed by atoms with E-state index in [4.69, 9.17) is 5.11 Å². The minimum Gasteiger partial charge on any atom is -0.418 e. The first kappa shape index (κ1) is 18.8. The van der Waals surface area contributed by atoms with Crippen molar-refractivity contribution in [3.05, 3.63) is 0 Å². The molecule has 0 fully saturated rings. The van der Waals surface area contributed by atoms with Crippen LogP contribution in [0.4, 0.5) is 17.3 Å². The van der Waals surface area contributed by atoms with Crippen molar-refractivity contribution in [3.63, 3.8) is 0 Å². The Bertz CT molecular complexity index is 146. The average molecular weight is 282 g/mol. The van der Waals surface area contributed by atoms with Gasteiger partial charge in [0.05, 0.1) is 0 Å². The van der Waals surface area contributed by atoms with Crippen LogP contribution in [-0.4, -0.2) is 28.8 Å². The van der Waals surface area contributed by atoms with E-state index in [1.165, 1.54) is 0 Å². The molecule has 0 radical (unpaired) electrons. The van der Waals surface area contributed by atoms with Crippen LogP contribution in [0.25, 0.3) is 0 Å². The molecule has 0 aliphatic carbocycles. The van der Waals surface area contributed by atoms with Crippen LogP contribution in [0.1, 0.15) is 33.1 Å². The van der Waals surface area contributed by atoms with Crippen molar-refractivity contribution in [1.82, 2.24) is 0 Å². The molecule has 1 nitrogen and oxygen atoms in total. The van der Waals surface area contributed by atoms with Gasteiger partial charge >= 0.3 is 7.25 Å². The fourth-order valence-corrected chi connectivity index (χ4v) is 3.06. The summed E-state index contributed by atoms with van der Waals surface area (Å²) in [5.74, 6) is 1.10. The van der Waals surface area contributed by atoms with Crippen molar-refractivity contribution in [2.45, 2.75) is 37.2 Å². The van der Waals surface area contributed by atoms with Gasteiger partial charge in [0.25, 0.3) is 0 Å². The van der Waals surface area contributed by atoms with Gasteiger partial charge in [0, 0.05) is 19.4 Å². The first-order valence-electron chi connectivity index (χ1n) is 5.05. The highest BCUT2D eigenvalue weighted by Gasteiger charge is 2.29. The molecule has 0 saturated carbocycles. The lowest BCUT2D eigenvalue weighted by molar-refractivity contribution is 0.281. The summed E-state index contributed by atoms with van der Waals surface area (Å²) in [6.45, 7) is 4.59. The Hall–Kier alpha value is 0.445. The van der Waals surface area contributed by atoms with Crippen molar-refractivity contribution in [2.24, 2.45) is 0 Å². The van der Waals surface area contributed by atoms with Crippen LogP contribution in [0.15, 0.2) is 0 Å². The summed E-state index contributed by atoms with van der Waals surface area (Å²) >= 11 is 5.60. The first-order valence-corrected chi connectivity index (χ1v) is 6.54. The molecular weight excluding hydrogens is 263 g/mol. The van der Waals surface area contributed by atoms with Crippen molar-refractivity contribution >= 4 is 31.6 Å². The van der Waals surface area contributed by atoms with E-state index in [0.29, 0.717) is 0 Å². The van der Waals surface area contributed by atoms with Crippen molar-refractivity contribution in [2.75, 3.05) is 12.4 Å². The molecule has 0 bridgehead atoms. The smallest absolute Gasteiger partial charge is 0.418 e. The molecule has 0 aliphatic rings. The molecule has 100 valence electrons. The highest BCUT2D eigenvalue weighted by Crippen LogP contribution is 2.31. The molecule has 1 unspecified atom stereocenters. The fourth-order valence-electron chi connectivity index (χ4n) is 1.13. The molecule has 0 amide bonds. The first-order chi connectivity index (χ1) is 7.18. The number of thioether (sulfide) groups is 1. The predicted octanol–water partition coefficient (Wildman–Crippen LogP) is 2.93. The standard InChI is InChI=1S/C8H18OS2.BF4/c1-3-5-8(10,6-7-9)11-4-2;2-1(3,4)5/h9-10H,3-7H2,1-2H3;/q;-1/p+1. The van der Waals surface area contributed by atoms with Crippen molar-refractivity contribution < 1.29 is 22.4 Å². The lowest BCUT2D eigenvalue weighted by Gasteiger charge is -2.19. The number of aliphatic hydroxyl groups is 1. The lowest BCUT2D eigenvalue weighted by atomic mass is 10.2. The molecule has 16 heavy (non-hydrogen) atoms. The van der Waals surface area contributed by atoms with Gasteiger partial charge in [0.2, 0.25) is 0 Å². The normalized spacial score (nSPS) is 15.0. The Labute approximate surface area is 104 Å². The molecule has 0 aromatic heterocycles. The fraction of sp³-hybridized carbons (Fsp3) is 1.00. The minimum absolute atomic E-state index is 0.123. The number of hydrogen-bond acceptors (Lipinski definition) is 2. The maximum absolute atomic E-state index is 9.75. The second kappa shape index (κ2) is 9.47. The van der Waals surface area contributed by atoms with E-state index in [-0.39, 0.29) is 10.7 Å². The highest BCUT2D eigenvalue weighted by atomic mass is 32.2. The van der Waals surface area contributed by atoms with Gasteiger partial charge in [-0.1, -0.05) is 20.3 Å². The number of hydrogen-bond donors (Lipinski definition) is 1. The van der Waals surface area contributed by atoms with Gasteiger partial charge in [-0.25, -0.2) is 0 Å². The van der Waals surface area contributed by atoms with E-state index >= 15 is 0 Å². The SMILES string of the molecule is CCCC([SH2+])(CCO)SCC.F[B-](F)(F)F. The van der Waals surface area contributed by atoms with E-state index in [9.17, 15) is 17.3 Å². The zero-order valence-corrected chi connectivity index (χ0v) is 11.3. The highest BCUT2D eigenvalue weighted by molar-refractivity contribution is 8.07. The monoisotopic (exact) mass is 282 g/mol. The summed E-state index contributed by atoms with van der Waals surface area (Å²) in [7, 11) is -6.00. The Morgan fingerprint density at radius 1 is 1.19 bits per heavy atom. The van der Waals surface area contributed by atoms with Crippen molar-refractivity contribution in [1.29, 1.82) is 0 Å². The minimum atomic E-state index is -6.00. The van der Waals surface area contributed by atoms with Crippen molar-refractivity contribution in [3.8, 4) is 0 Å². The molecule has 1 N–H and O–H groups in total. The topological polar surface area (TPSA) is 20.2 Å². The Kier molecular flexibility index (Phi) is 11.1.